The smallest absolute Gasteiger partial charge is 0.152 e. The molecule has 1 heterocycles. The zero-order valence-electron chi connectivity index (χ0n) is 11.1. The largest absolute Gasteiger partial charge is 0.374 e. The summed E-state index contributed by atoms with van der Waals surface area (Å²) in [5, 5.41) is 1.00. The molecule has 1 aromatic heterocycles. The quantitative estimate of drug-likeness (QED) is 0.774. The number of ether oxygens (including phenoxy) is 1. The number of hydrogen-bond acceptors (Lipinski definition) is 2. The maximum Gasteiger partial charge on any atom is 0.152 e. The van der Waals surface area contributed by atoms with Crippen LogP contribution in [0, 0.1) is 0 Å². The van der Waals surface area contributed by atoms with E-state index in [1.54, 1.807) is 0 Å². The lowest BCUT2D eigenvalue weighted by Gasteiger charge is -2.19. The van der Waals surface area contributed by atoms with Gasteiger partial charge in [0.25, 0.3) is 0 Å². The summed E-state index contributed by atoms with van der Waals surface area (Å²) in [5.41, 5.74) is 1.69. The molecule has 0 amide bonds. The SMILES string of the molecule is CC(C)(C)OCCn1cc(C=O)c2ccccc21. The molecule has 0 spiro atoms. The van der Waals surface area contributed by atoms with Crippen molar-refractivity contribution in [1.82, 2.24) is 4.57 Å². The van der Waals surface area contributed by atoms with Gasteiger partial charge >= 0.3 is 0 Å². The number of nitrogens with zero attached hydrogens (tertiary/aromatic N) is 1. The Labute approximate surface area is 107 Å². The summed E-state index contributed by atoms with van der Waals surface area (Å²) in [4.78, 5) is 11.0. The summed E-state index contributed by atoms with van der Waals surface area (Å²) in [6.07, 6.45) is 2.80. The first-order valence-electron chi connectivity index (χ1n) is 6.18. The third-order valence-electron chi connectivity index (χ3n) is 2.81. The molecular formula is C15H19NO2. The maximum absolute atomic E-state index is 11.0. The van der Waals surface area contributed by atoms with E-state index in [0.717, 1.165) is 29.3 Å². The summed E-state index contributed by atoms with van der Waals surface area (Å²) in [7, 11) is 0. The van der Waals surface area contributed by atoms with E-state index in [1.165, 1.54) is 0 Å². The minimum Gasteiger partial charge on any atom is -0.374 e. The van der Waals surface area contributed by atoms with Crippen molar-refractivity contribution in [3.8, 4) is 0 Å². The van der Waals surface area contributed by atoms with Gasteiger partial charge in [-0.2, -0.15) is 0 Å². The van der Waals surface area contributed by atoms with Crippen LogP contribution < -0.4 is 0 Å². The molecule has 2 rings (SSSR count). The zero-order chi connectivity index (χ0) is 13.2. The predicted octanol–water partition coefficient (Wildman–Crippen LogP) is 3.27. The highest BCUT2D eigenvalue weighted by molar-refractivity contribution is 5.97. The van der Waals surface area contributed by atoms with E-state index in [2.05, 4.69) is 4.57 Å². The average molecular weight is 245 g/mol. The van der Waals surface area contributed by atoms with E-state index in [4.69, 9.17) is 4.74 Å². The monoisotopic (exact) mass is 245 g/mol. The zero-order valence-corrected chi connectivity index (χ0v) is 11.1. The first-order chi connectivity index (χ1) is 8.51. The summed E-state index contributed by atoms with van der Waals surface area (Å²) in [6, 6.07) is 7.93. The van der Waals surface area contributed by atoms with Gasteiger partial charge in [0.1, 0.15) is 0 Å². The molecule has 3 nitrogen and oxygen atoms in total. The first kappa shape index (κ1) is 12.8. The van der Waals surface area contributed by atoms with Crippen molar-refractivity contribution in [2.75, 3.05) is 6.61 Å². The lowest BCUT2D eigenvalue weighted by Crippen LogP contribution is -2.21. The van der Waals surface area contributed by atoms with Crippen molar-refractivity contribution in [1.29, 1.82) is 0 Å². The molecule has 0 aliphatic heterocycles. The minimum atomic E-state index is -0.129. The number of para-hydroxylation sites is 1. The molecule has 18 heavy (non-hydrogen) atoms. The van der Waals surface area contributed by atoms with Crippen LogP contribution in [0.25, 0.3) is 10.9 Å². The van der Waals surface area contributed by atoms with Crippen LogP contribution in [-0.4, -0.2) is 23.1 Å². The van der Waals surface area contributed by atoms with Gasteiger partial charge in [0.2, 0.25) is 0 Å². The van der Waals surface area contributed by atoms with Gasteiger partial charge < -0.3 is 9.30 Å². The van der Waals surface area contributed by atoms with E-state index < -0.39 is 0 Å². The number of fused-ring (bicyclic) bond motifs is 1. The molecule has 0 atom stereocenters. The Morgan fingerprint density at radius 1 is 1.28 bits per heavy atom. The number of aromatic nitrogens is 1. The minimum absolute atomic E-state index is 0.129. The van der Waals surface area contributed by atoms with Gasteiger partial charge in [-0.25, -0.2) is 0 Å². The van der Waals surface area contributed by atoms with E-state index in [0.29, 0.717) is 6.61 Å². The summed E-state index contributed by atoms with van der Waals surface area (Å²) >= 11 is 0. The van der Waals surface area contributed by atoms with Crippen molar-refractivity contribution < 1.29 is 9.53 Å². The number of hydrogen-bond donors (Lipinski definition) is 0. The van der Waals surface area contributed by atoms with Crippen LogP contribution in [-0.2, 0) is 11.3 Å². The van der Waals surface area contributed by atoms with Crippen LogP contribution in [0.5, 0.6) is 0 Å². The maximum atomic E-state index is 11.0. The number of benzene rings is 1. The van der Waals surface area contributed by atoms with Gasteiger partial charge in [-0.1, -0.05) is 18.2 Å². The lowest BCUT2D eigenvalue weighted by molar-refractivity contribution is -0.00645. The van der Waals surface area contributed by atoms with Gasteiger partial charge in [-0.15, -0.1) is 0 Å². The molecule has 0 bridgehead atoms. The topological polar surface area (TPSA) is 31.2 Å². The Bertz CT molecular complexity index is 549. The van der Waals surface area contributed by atoms with Crippen molar-refractivity contribution >= 4 is 17.2 Å². The van der Waals surface area contributed by atoms with Gasteiger partial charge in [-0.3, -0.25) is 4.79 Å². The van der Waals surface area contributed by atoms with Gasteiger partial charge in [0.15, 0.2) is 6.29 Å². The Kier molecular flexibility index (Phi) is 3.53. The molecule has 0 aliphatic rings. The van der Waals surface area contributed by atoms with E-state index in [1.807, 2.05) is 51.2 Å². The Hall–Kier alpha value is -1.61. The third-order valence-corrected chi connectivity index (χ3v) is 2.81. The molecule has 0 unspecified atom stereocenters. The van der Waals surface area contributed by atoms with Crippen LogP contribution in [0.4, 0.5) is 0 Å². The van der Waals surface area contributed by atoms with Crippen LogP contribution in [0.1, 0.15) is 31.1 Å². The van der Waals surface area contributed by atoms with Crippen LogP contribution in [0.2, 0.25) is 0 Å². The summed E-state index contributed by atoms with van der Waals surface area (Å²) in [6.45, 7) is 7.51. The fraction of sp³-hybridized carbons (Fsp3) is 0.400. The normalized spacial score (nSPS) is 11.9. The van der Waals surface area contributed by atoms with Crippen LogP contribution >= 0.6 is 0 Å². The average Bonchev–Trinajstić information content (AvgIpc) is 2.66. The van der Waals surface area contributed by atoms with Crippen LogP contribution in [0.15, 0.2) is 30.5 Å². The van der Waals surface area contributed by atoms with Gasteiger partial charge in [-0.05, 0) is 26.8 Å². The van der Waals surface area contributed by atoms with E-state index >= 15 is 0 Å². The predicted molar refractivity (Wildman–Crippen MR) is 73.0 cm³/mol. The third kappa shape index (κ3) is 2.79. The highest BCUT2D eigenvalue weighted by Crippen LogP contribution is 2.20. The van der Waals surface area contributed by atoms with Crippen molar-refractivity contribution in [2.45, 2.75) is 32.9 Å². The van der Waals surface area contributed by atoms with Crippen molar-refractivity contribution in [3.63, 3.8) is 0 Å². The fourth-order valence-electron chi connectivity index (χ4n) is 2.00. The Morgan fingerprint density at radius 3 is 2.67 bits per heavy atom. The van der Waals surface area contributed by atoms with Crippen LogP contribution in [0.3, 0.4) is 0 Å². The molecule has 0 aliphatic carbocycles. The highest BCUT2D eigenvalue weighted by Gasteiger charge is 2.11. The molecule has 2 aromatic rings. The number of rotatable bonds is 4. The molecule has 1 aromatic carbocycles. The number of aldehydes is 1. The second-order valence-corrected chi connectivity index (χ2v) is 5.37. The molecule has 3 heteroatoms. The lowest BCUT2D eigenvalue weighted by atomic mass is 10.2. The molecule has 0 N–H and O–H groups in total. The summed E-state index contributed by atoms with van der Waals surface area (Å²) < 4.78 is 7.79. The number of carbonyl (C=O) groups is 1. The molecule has 0 fully saturated rings. The standard InChI is InChI=1S/C15H19NO2/c1-15(2,3)18-9-8-16-10-12(11-17)13-6-4-5-7-14(13)16/h4-7,10-11H,8-9H2,1-3H3. The highest BCUT2D eigenvalue weighted by atomic mass is 16.5. The molecule has 0 saturated heterocycles. The van der Waals surface area contributed by atoms with Gasteiger partial charge in [0.05, 0.1) is 12.2 Å². The molecule has 96 valence electrons. The fourth-order valence-corrected chi connectivity index (χ4v) is 2.00. The summed E-state index contributed by atoms with van der Waals surface area (Å²) in [5.74, 6) is 0. The second-order valence-electron chi connectivity index (χ2n) is 5.37. The van der Waals surface area contributed by atoms with E-state index in [-0.39, 0.29) is 5.60 Å². The molecule has 0 saturated carbocycles. The second kappa shape index (κ2) is 4.94. The number of carbonyl (C=O) groups excluding carboxylic acids is 1. The molecule has 0 radical (unpaired) electrons. The van der Waals surface area contributed by atoms with Crippen molar-refractivity contribution in [2.24, 2.45) is 0 Å². The first-order valence-corrected chi connectivity index (χ1v) is 6.18. The van der Waals surface area contributed by atoms with Gasteiger partial charge in [0, 0.05) is 29.2 Å². The molecular weight excluding hydrogens is 226 g/mol. The van der Waals surface area contributed by atoms with E-state index in [9.17, 15) is 4.79 Å². The Balaban J connectivity index is 2.21. The van der Waals surface area contributed by atoms with Crippen molar-refractivity contribution in [3.05, 3.63) is 36.0 Å². The Morgan fingerprint density at radius 2 is 2.00 bits per heavy atom.